The van der Waals surface area contributed by atoms with Crippen LogP contribution < -0.4 is 4.90 Å². The molecule has 3 nitrogen and oxygen atoms in total. The highest BCUT2D eigenvalue weighted by Gasteiger charge is 2.20. The molecular formula is C46H30N2O. The zero-order valence-electron chi connectivity index (χ0n) is 26.6. The summed E-state index contributed by atoms with van der Waals surface area (Å²) in [5.74, 6) is 0. The Hall–Kier alpha value is -6.58. The van der Waals surface area contributed by atoms with Gasteiger partial charge in [0.1, 0.15) is 11.2 Å². The zero-order chi connectivity index (χ0) is 32.3. The van der Waals surface area contributed by atoms with Crippen molar-refractivity contribution in [3.8, 4) is 16.8 Å². The first-order chi connectivity index (χ1) is 24.3. The highest BCUT2D eigenvalue weighted by atomic mass is 16.3. The fraction of sp³-hybridized carbons (Fsp3) is 0. The number of fused-ring (bicyclic) bond motifs is 7. The van der Waals surface area contributed by atoms with Crippen molar-refractivity contribution in [2.45, 2.75) is 0 Å². The minimum Gasteiger partial charge on any atom is -0.456 e. The number of para-hydroxylation sites is 4. The molecule has 0 saturated carbocycles. The predicted octanol–water partition coefficient (Wildman–Crippen LogP) is 13.0. The number of benzene rings is 8. The highest BCUT2D eigenvalue weighted by molar-refractivity contribution is 6.13. The van der Waals surface area contributed by atoms with Gasteiger partial charge in [0.05, 0.1) is 16.7 Å². The maximum absolute atomic E-state index is 6.20. The van der Waals surface area contributed by atoms with E-state index >= 15 is 0 Å². The number of aromatic nitrogens is 1. The van der Waals surface area contributed by atoms with E-state index in [1.807, 2.05) is 12.1 Å². The molecule has 0 N–H and O–H groups in total. The lowest BCUT2D eigenvalue weighted by atomic mass is 9.95. The molecule has 8 aromatic carbocycles. The minimum absolute atomic E-state index is 0.891. The van der Waals surface area contributed by atoms with Crippen LogP contribution >= 0.6 is 0 Å². The molecule has 49 heavy (non-hydrogen) atoms. The molecular weight excluding hydrogens is 597 g/mol. The summed E-state index contributed by atoms with van der Waals surface area (Å²) in [5, 5.41) is 7.13. The fourth-order valence-electron chi connectivity index (χ4n) is 7.58. The normalized spacial score (nSPS) is 11.7. The van der Waals surface area contributed by atoms with E-state index in [0.29, 0.717) is 0 Å². The van der Waals surface area contributed by atoms with Gasteiger partial charge in [-0.3, -0.25) is 0 Å². The van der Waals surface area contributed by atoms with Gasteiger partial charge in [-0.25, -0.2) is 0 Å². The lowest BCUT2D eigenvalue weighted by Gasteiger charge is -2.27. The summed E-state index contributed by atoms with van der Waals surface area (Å²) in [6.07, 6.45) is 0. The van der Waals surface area contributed by atoms with Crippen molar-refractivity contribution in [1.29, 1.82) is 0 Å². The van der Waals surface area contributed by atoms with Crippen molar-refractivity contribution in [2.24, 2.45) is 0 Å². The van der Waals surface area contributed by atoms with E-state index in [-0.39, 0.29) is 0 Å². The van der Waals surface area contributed by atoms with E-state index in [1.54, 1.807) is 0 Å². The molecule has 2 aromatic heterocycles. The Bertz CT molecular complexity index is 2830. The summed E-state index contributed by atoms with van der Waals surface area (Å²) >= 11 is 0. The van der Waals surface area contributed by atoms with Crippen LogP contribution in [0.3, 0.4) is 0 Å². The molecule has 0 amide bonds. The topological polar surface area (TPSA) is 21.3 Å². The van der Waals surface area contributed by atoms with Crippen molar-refractivity contribution < 1.29 is 4.42 Å². The quantitative estimate of drug-likeness (QED) is 0.190. The third-order valence-electron chi connectivity index (χ3n) is 9.77. The molecule has 3 heteroatoms. The smallest absolute Gasteiger partial charge is 0.135 e. The van der Waals surface area contributed by atoms with Crippen LogP contribution in [0.5, 0.6) is 0 Å². The van der Waals surface area contributed by atoms with Gasteiger partial charge in [-0.2, -0.15) is 0 Å². The summed E-state index contributed by atoms with van der Waals surface area (Å²) in [7, 11) is 0. The van der Waals surface area contributed by atoms with E-state index in [9.17, 15) is 0 Å². The van der Waals surface area contributed by atoms with Crippen LogP contribution in [-0.2, 0) is 0 Å². The molecule has 10 rings (SSSR count). The SMILES string of the molecule is c1ccc(N(c2ccc3oc4ccccc4c3c2)c2ccc(-c3ccc4c(c3)c3ccccc3n4-c3ccccc3)c3ccccc23)cc1. The van der Waals surface area contributed by atoms with E-state index in [1.165, 1.54) is 49.4 Å². The first-order valence-electron chi connectivity index (χ1n) is 16.7. The molecule has 0 spiro atoms. The second kappa shape index (κ2) is 11.0. The maximum atomic E-state index is 6.20. The van der Waals surface area contributed by atoms with Gasteiger partial charge in [0.2, 0.25) is 0 Å². The maximum Gasteiger partial charge on any atom is 0.135 e. The second-order valence-electron chi connectivity index (χ2n) is 12.5. The van der Waals surface area contributed by atoms with Crippen molar-refractivity contribution >= 4 is 71.6 Å². The van der Waals surface area contributed by atoms with Crippen LogP contribution in [0.2, 0.25) is 0 Å². The average Bonchev–Trinajstić information content (AvgIpc) is 3.71. The van der Waals surface area contributed by atoms with Gasteiger partial charge in [-0.15, -0.1) is 0 Å². The Morgan fingerprint density at radius 3 is 1.88 bits per heavy atom. The largest absolute Gasteiger partial charge is 0.456 e. The third-order valence-corrected chi connectivity index (χ3v) is 9.77. The molecule has 0 aliphatic heterocycles. The van der Waals surface area contributed by atoms with Crippen LogP contribution in [0.25, 0.3) is 71.3 Å². The fourth-order valence-corrected chi connectivity index (χ4v) is 7.58. The monoisotopic (exact) mass is 626 g/mol. The Morgan fingerprint density at radius 2 is 1.04 bits per heavy atom. The molecule has 0 aliphatic carbocycles. The molecule has 10 aromatic rings. The standard InChI is InChI=1S/C46H30N2O/c1-3-13-32(14-4-1)47(34-24-28-46-41(30-34)39-20-10-12-22-45(39)49-46)43-27-25-35(36-17-7-8-18-37(36)43)31-23-26-44-40(29-31)38-19-9-11-21-42(38)48(44)33-15-5-2-6-16-33/h1-30H. The number of furan rings is 1. The number of nitrogens with zero attached hydrogens (tertiary/aromatic N) is 2. The number of anilines is 3. The van der Waals surface area contributed by atoms with Crippen molar-refractivity contribution in [1.82, 2.24) is 4.57 Å². The number of hydrogen-bond donors (Lipinski definition) is 0. The van der Waals surface area contributed by atoms with Crippen molar-refractivity contribution in [3.63, 3.8) is 0 Å². The first kappa shape index (κ1) is 27.5. The lowest BCUT2D eigenvalue weighted by Crippen LogP contribution is -2.10. The highest BCUT2D eigenvalue weighted by Crippen LogP contribution is 2.44. The molecule has 0 atom stereocenters. The first-order valence-corrected chi connectivity index (χ1v) is 16.7. The number of rotatable bonds is 5. The second-order valence-corrected chi connectivity index (χ2v) is 12.5. The summed E-state index contributed by atoms with van der Waals surface area (Å²) in [5.41, 5.74) is 11.1. The molecule has 0 aliphatic rings. The summed E-state index contributed by atoms with van der Waals surface area (Å²) < 4.78 is 8.57. The Kier molecular flexibility index (Phi) is 6.18. The number of hydrogen-bond acceptors (Lipinski definition) is 2. The van der Waals surface area contributed by atoms with E-state index < -0.39 is 0 Å². The van der Waals surface area contributed by atoms with Gasteiger partial charge in [0, 0.05) is 44.0 Å². The molecule has 0 saturated heterocycles. The summed E-state index contributed by atoms with van der Waals surface area (Å²) in [6.45, 7) is 0. The Morgan fingerprint density at radius 1 is 0.388 bits per heavy atom. The van der Waals surface area contributed by atoms with Gasteiger partial charge in [0.15, 0.2) is 0 Å². The van der Waals surface area contributed by atoms with Gasteiger partial charge in [-0.1, -0.05) is 109 Å². The summed E-state index contributed by atoms with van der Waals surface area (Å²) in [4.78, 5) is 2.37. The predicted molar refractivity (Wildman–Crippen MR) is 206 cm³/mol. The molecule has 0 radical (unpaired) electrons. The van der Waals surface area contributed by atoms with Gasteiger partial charge >= 0.3 is 0 Å². The Labute approximate surface area is 283 Å². The van der Waals surface area contributed by atoms with Crippen LogP contribution in [-0.4, -0.2) is 4.57 Å². The van der Waals surface area contributed by atoms with Crippen molar-refractivity contribution in [2.75, 3.05) is 4.90 Å². The lowest BCUT2D eigenvalue weighted by molar-refractivity contribution is 0.669. The minimum atomic E-state index is 0.891. The Balaban J connectivity index is 1.17. The van der Waals surface area contributed by atoms with Gasteiger partial charge < -0.3 is 13.9 Å². The third kappa shape index (κ3) is 4.37. The molecule has 0 bridgehead atoms. The molecule has 0 fully saturated rings. The molecule has 0 unspecified atom stereocenters. The van der Waals surface area contributed by atoms with Crippen LogP contribution in [0.15, 0.2) is 186 Å². The van der Waals surface area contributed by atoms with Gasteiger partial charge in [-0.05, 0) is 89.3 Å². The van der Waals surface area contributed by atoms with Crippen molar-refractivity contribution in [3.05, 3.63) is 182 Å². The summed E-state index contributed by atoms with van der Waals surface area (Å²) in [6, 6.07) is 65.0. The van der Waals surface area contributed by atoms with E-state index in [2.05, 4.69) is 179 Å². The van der Waals surface area contributed by atoms with Gasteiger partial charge in [0.25, 0.3) is 0 Å². The van der Waals surface area contributed by atoms with Crippen LogP contribution in [0.1, 0.15) is 0 Å². The van der Waals surface area contributed by atoms with E-state index in [0.717, 1.165) is 39.0 Å². The molecule has 2 heterocycles. The average molecular weight is 627 g/mol. The van der Waals surface area contributed by atoms with E-state index in [4.69, 9.17) is 4.42 Å². The van der Waals surface area contributed by atoms with Crippen LogP contribution in [0, 0.1) is 0 Å². The van der Waals surface area contributed by atoms with Crippen LogP contribution in [0.4, 0.5) is 17.1 Å². The molecule has 230 valence electrons. The zero-order valence-corrected chi connectivity index (χ0v) is 26.6.